The summed E-state index contributed by atoms with van der Waals surface area (Å²) in [6.07, 6.45) is 0. The van der Waals surface area contributed by atoms with E-state index < -0.39 is 0 Å². The van der Waals surface area contributed by atoms with Gasteiger partial charge in [-0.2, -0.15) is 0 Å². The van der Waals surface area contributed by atoms with Crippen LogP contribution in [0.3, 0.4) is 0 Å². The van der Waals surface area contributed by atoms with Crippen molar-refractivity contribution in [2.75, 3.05) is 25.0 Å². The van der Waals surface area contributed by atoms with E-state index in [1.165, 1.54) is 12.1 Å². The van der Waals surface area contributed by atoms with Gasteiger partial charge in [-0.15, -0.1) is 20.4 Å². The molecule has 134 valence electrons. The van der Waals surface area contributed by atoms with Crippen molar-refractivity contribution in [1.29, 1.82) is 0 Å². The van der Waals surface area contributed by atoms with Gasteiger partial charge in [0, 0.05) is 31.6 Å². The van der Waals surface area contributed by atoms with Gasteiger partial charge in [0.1, 0.15) is 5.82 Å². The van der Waals surface area contributed by atoms with Crippen molar-refractivity contribution in [1.82, 2.24) is 25.3 Å². The van der Waals surface area contributed by atoms with Gasteiger partial charge in [-0.1, -0.05) is 0 Å². The predicted octanol–water partition coefficient (Wildman–Crippen LogP) is 2.29. The third kappa shape index (κ3) is 3.41. The van der Waals surface area contributed by atoms with Crippen LogP contribution in [0.2, 0.25) is 0 Å². The molecule has 7 nitrogen and oxygen atoms in total. The highest BCUT2D eigenvalue weighted by Crippen LogP contribution is 2.24. The second-order valence-corrected chi connectivity index (χ2v) is 6.47. The Morgan fingerprint density at radius 2 is 1.85 bits per heavy atom. The molecule has 0 amide bonds. The molecule has 0 saturated carbocycles. The number of rotatable bonds is 5. The van der Waals surface area contributed by atoms with E-state index >= 15 is 0 Å². The Morgan fingerprint density at radius 1 is 1.08 bits per heavy atom. The number of benzene rings is 1. The van der Waals surface area contributed by atoms with Crippen molar-refractivity contribution in [3.63, 3.8) is 0 Å². The average molecular weight is 354 g/mol. The molecule has 2 aromatic heterocycles. The number of aromatic nitrogens is 4. The van der Waals surface area contributed by atoms with Gasteiger partial charge in [-0.3, -0.25) is 4.90 Å². The monoisotopic (exact) mass is 354 g/mol. The van der Waals surface area contributed by atoms with Crippen molar-refractivity contribution in [3.8, 4) is 11.3 Å². The summed E-state index contributed by atoms with van der Waals surface area (Å²) in [5, 5.41) is 16.4. The van der Waals surface area contributed by atoms with E-state index in [4.69, 9.17) is 4.42 Å². The number of nitrogens with zero attached hydrogens (tertiary/aromatic N) is 6. The molecule has 1 aliphatic rings. The van der Waals surface area contributed by atoms with Gasteiger partial charge in [-0.25, -0.2) is 4.39 Å². The number of likely N-dealkylation sites (N-methyl/N-ethyl adjacent to an activating group) is 1. The summed E-state index contributed by atoms with van der Waals surface area (Å²) in [6, 6.07) is 10.5. The maximum Gasteiger partial charge on any atom is 0.230 e. The number of anilines is 1. The SMILES string of the molecule is Cc1nnc(CN(C)C2CN(c3ccc(-c4ccc(F)cc4)nn3)C2)o1. The van der Waals surface area contributed by atoms with Gasteiger partial charge in [0.15, 0.2) is 5.82 Å². The molecule has 0 spiro atoms. The van der Waals surface area contributed by atoms with E-state index in [0.29, 0.717) is 24.4 Å². The Balaban J connectivity index is 1.34. The van der Waals surface area contributed by atoms with Crippen LogP contribution in [0.1, 0.15) is 11.8 Å². The Bertz CT molecular complexity index is 873. The molecule has 3 heterocycles. The van der Waals surface area contributed by atoms with Crippen molar-refractivity contribution in [3.05, 3.63) is 54.0 Å². The lowest BCUT2D eigenvalue weighted by Crippen LogP contribution is -2.58. The molecular weight excluding hydrogens is 335 g/mol. The van der Waals surface area contributed by atoms with E-state index in [0.717, 1.165) is 30.2 Å². The molecule has 3 aromatic rings. The predicted molar refractivity (Wildman–Crippen MR) is 93.9 cm³/mol. The highest BCUT2D eigenvalue weighted by molar-refractivity contribution is 5.59. The molecule has 1 fully saturated rings. The number of hydrogen-bond acceptors (Lipinski definition) is 7. The summed E-state index contributed by atoms with van der Waals surface area (Å²) in [6.45, 7) is 4.16. The van der Waals surface area contributed by atoms with E-state index in [1.807, 2.05) is 19.2 Å². The first-order chi connectivity index (χ1) is 12.6. The normalized spacial score (nSPS) is 14.7. The molecule has 0 N–H and O–H groups in total. The van der Waals surface area contributed by atoms with E-state index in [2.05, 4.69) is 30.2 Å². The van der Waals surface area contributed by atoms with Crippen LogP contribution in [0.15, 0.2) is 40.8 Å². The van der Waals surface area contributed by atoms with E-state index in [9.17, 15) is 4.39 Å². The van der Waals surface area contributed by atoms with Crippen LogP contribution in [0, 0.1) is 12.7 Å². The zero-order chi connectivity index (χ0) is 18.1. The topological polar surface area (TPSA) is 71.2 Å². The van der Waals surface area contributed by atoms with Gasteiger partial charge >= 0.3 is 0 Å². The highest BCUT2D eigenvalue weighted by Gasteiger charge is 2.31. The maximum absolute atomic E-state index is 13.0. The fraction of sp³-hybridized carbons (Fsp3) is 0.333. The molecular formula is C18H19FN6O. The molecule has 0 unspecified atom stereocenters. The largest absolute Gasteiger partial charge is 0.424 e. The molecule has 1 aliphatic heterocycles. The first kappa shape index (κ1) is 16.6. The summed E-state index contributed by atoms with van der Waals surface area (Å²) in [5.41, 5.74) is 1.58. The molecule has 0 radical (unpaired) electrons. The fourth-order valence-corrected chi connectivity index (χ4v) is 2.93. The van der Waals surface area contributed by atoms with Crippen LogP contribution in [-0.4, -0.2) is 51.5 Å². The lowest BCUT2D eigenvalue weighted by molar-refractivity contribution is 0.179. The summed E-state index contributed by atoms with van der Waals surface area (Å²) in [5.74, 6) is 1.80. The Labute approximate surface area is 150 Å². The molecule has 8 heteroatoms. The number of hydrogen-bond donors (Lipinski definition) is 0. The van der Waals surface area contributed by atoms with Crippen molar-refractivity contribution in [2.45, 2.75) is 19.5 Å². The quantitative estimate of drug-likeness (QED) is 0.696. The first-order valence-electron chi connectivity index (χ1n) is 8.42. The molecule has 1 aromatic carbocycles. The van der Waals surface area contributed by atoms with Crippen molar-refractivity contribution in [2.24, 2.45) is 0 Å². The fourth-order valence-electron chi connectivity index (χ4n) is 2.93. The Morgan fingerprint density at radius 3 is 2.46 bits per heavy atom. The molecule has 0 bridgehead atoms. The van der Waals surface area contributed by atoms with Crippen LogP contribution in [-0.2, 0) is 6.54 Å². The third-order valence-electron chi connectivity index (χ3n) is 4.55. The standard InChI is InChI=1S/C18H19FN6O/c1-12-20-23-18(26-12)11-24(2)15-9-25(10-15)17-8-7-16(21-22-17)13-3-5-14(19)6-4-13/h3-8,15H,9-11H2,1-2H3. The zero-order valence-electron chi connectivity index (χ0n) is 14.6. The van der Waals surface area contributed by atoms with Gasteiger partial charge in [-0.05, 0) is 43.4 Å². The maximum atomic E-state index is 13.0. The van der Waals surface area contributed by atoms with Crippen molar-refractivity contribution >= 4 is 5.82 Å². The lowest BCUT2D eigenvalue weighted by atomic mass is 10.1. The van der Waals surface area contributed by atoms with E-state index in [1.54, 1.807) is 19.1 Å². The van der Waals surface area contributed by atoms with Gasteiger partial charge in [0.25, 0.3) is 0 Å². The van der Waals surface area contributed by atoms with Crippen LogP contribution >= 0.6 is 0 Å². The highest BCUT2D eigenvalue weighted by atomic mass is 19.1. The molecule has 4 rings (SSSR count). The molecule has 26 heavy (non-hydrogen) atoms. The minimum Gasteiger partial charge on any atom is -0.424 e. The zero-order valence-corrected chi connectivity index (χ0v) is 14.6. The second kappa shape index (κ2) is 6.80. The smallest absolute Gasteiger partial charge is 0.230 e. The minimum atomic E-state index is -0.259. The van der Waals surface area contributed by atoms with Crippen LogP contribution in [0.4, 0.5) is 10.2 Å². The number of aryl methyl sites for hydroxylation is 1. The average Bonchev–Trinajstić information content (AvgIpc) is 3.00. The van der Waals surface area contributed by atoms with Crippen molar-refractivity contribution < 1.29 is 8.81 Å². The molecule has 0 aliphatic carbocycles. The van der Waals surface area contributed by atoms with E-state index in [-0.39, 0.29) is 5.82 Å². The summed E-state index contributed by atoms with van der Waals surface area (Å²) in [7, 11) is 2.05. The number of halogens is 1. The minimum absolute atomic E-state index is 0.259. The van der Waals surface area contributed by atoms with Crippen LogP contribution in [0.5, 0.6) is 0 Å². The third-order valence-corrected chi connectivity index (χ3v) is 4.55. The van der Waals surface area contributed by atoms with Gasteiger partial charge in [0.05, 0.1) is 12.2 Å². The summed E-state index contributed by atoms with van der Waals surface area (Å²) in [4.78, 5) is 4.37. The molecule has 0 atom stereocenters. The Hall–Kier alpha value is -2.87. The van der Waals surface area contributed by atoms with Gasteiger partial charge in [0.2, 0.25) is 11.8 Å². The van der Waals surface area contributed by atoms with Gasteiger partial charge < -0.3 is 9.32 Å². The second-order valence-electron chi connectivity index (χ2n) is 6.47. The lowest BCUT2D eigenvalue weighted by Gasteiger charge is -2.44. The van der Waals surface area contributed by atoms with Crippen LogP contribution < -0.4 is 4.90 Å². The molecule has 1 saturated heterocycles. The van der Waals surface area contributed by atoms with Crippen LogP contribution in [0.25, 0.3) is 11.3 Å². The summed E-state index contributed by atoms with van der Waals surface area (Å²) < 4.78 is 18.4. The summed E-state index contributed by atoms with van der Waals surface area (Å²) >= 11 is 0. The first-order valence-corrected chi connectivity index (χ1v) is 8.42. The Kier molecular flexibility index (Phi) is 4.34.